The molecule has 0 unspecified atom stereocenters. The number of benzene rings is 1. The normalized spacial score (nSPS) is 11.8. The summed E-state index contributed by atoms with van der Waals surface area (Å²) in [6.07, 6.45) is -0.798. The molecule has 4 N–H and O–H groups in total. The van der Waals surface area contributed by atoms with Crippen molar-refractivity contribution >= 4 is 22.2 Å². The van der Waals surface area contributed by atoms with E-state index < -0.39 is 59.7 Å². The predicted molar refractivity (Wildman–Crippen MR) is 70.6 cm³/mol. The number of amides is 2. The summed E-state index contributed by atoms with van der Waals surface area (Å²) < 4.78 is 71.0. The highest BCUT2D eigenvalue weighted by Crippen LogP contribution is 2.30. The Kier molecular flexibility index (Phi) is 6.04. The minimum absolute atomic E-state index is 0.0397. The fourth-order valence-corrected chi connectivity index (χ4v) is 1.94. The highest BCUT2D eigenvalue weighted by Gasteiger charge is 2.31. The number of carbonyl (C=O) groups is 1. The van der Waals surface area contributed by atoms with Crippen LogP contribution in [0.4, 0.5) is 32.4 Å². The molecule has 2 amide bonds. The molecular formula is C11H13F5N2O4Si. The number of nitrogens with two attached hydrogens (primary N) is 1. The molecule has 0 saturated heterocycles. The van der Waals surface area contributed by atoms with Crippen LogP contribution in [0.15, 0.2) is 0 Å². The van der Waals surface area contributed by atoms with Crippen molar-refractivity contribution in [3.05, 3.63) is 29.1 Å². The number of carbonyl (C=O) groups excluding carboxylic acids is 1. The topological polar surface area (TPSA) is 96.0 Å². The SMILES string of the molecule is NC(=O)N(CCCC(O)(O)O[SiH3])c1c(F)c(F)c(F)c(F)c1F. The molecule has 0 aliphatic rings. The van der Waals surface area contributed by atoms with Gasteiger partial charge in [0.25, 0.3) is 5.97 Å². The van der Waals surface area contributed by atoms with Crippen LogP contribution in [0.2, 0.25) is 0 Å². The summed E-state index contributed by atoms with van der Waals surface area (Å²) in [4.78, 5) is 11.4. The third-order valence-electron chi connectivity index (χ3n) is 2.93. The molecule has 23 heavy (non-hydrogen) atoms. The van der Waals surface area contributed by atoms with Gasteiger partial charge in [-0.2, -0.15) is 0 Å². The fraction of sp³-hybridized carbons (Fsp3) is 0.364. The molecule has 0 atom stereocenters. The van der Waals surface area contributed by atoms with E-state index in [0.29, 0.717) is 0 Å². The number of anilines is 1. The zero-order valence-electron chi connectivity index (χ0n) is 11.7. The highest BCUT2D eigenvalue weighted by atomic mass is 28.2. The number of primary amides is 1. The van der Waals surface area contributed by atoms with Gasteiger partial charge in [0.05, 0.1) is 0 Å². The van der Waals surface area contributed by atoms with Gasteiger partial charge in [0.2, 0.25) is 5.82 Å². The molecule has 6 nitrogen and oxygen atoms in total. The number of urea groups is 1. The van der Waals surface area contributed by atoms with E-state index in [2.05, 4.69) is 4.43 Å². The Balaban J connectivity index is 3.15. The van der Waals surface area contributed by atoms with Gasteiger partial charge >= 0.3 is 6.03 Å². The number of nitrogens with zero attached hydrogens (tertiary/aromatic N) is 1. The van der Waals surface area contributed by atoms with Gasteiger partial charge in [0.15, 0.2) is 33.8 Å². The summed E-state index contributed by atoms with van der Waals surface area (Å²) in [5.41, 5.74) is 3.38. The van der Waals surface area contributed by atoms with Gasteiger partial charge in [0.1, 0.15) is 5.69 Å². The van der Waals surface area contributed by atoms with Crippen LogP contribution >= 0.6 is 0 Å². The maximum Gasteiger partial charge on any atom is 0.319 e. The third-order valence-corrected chi connectivity index (χ3v) is 3.59. The van der Waals surface area contributed by atoms with E-state index in [1.165, 1.54) is 0 Å². The first-order valence-electron chi connectivity index (χ1n) is 6.11. The van der Waals surface area contributed by atoms with Gasteiger partial charge in [0, 0.05) is 13.0 Å². The molecule has 0 bridgehead atoms. The van der Waals surface area contributed by atoms with E-state index in [-0.39, 0.29) is 21.8 Å². The molecule has 0 aliphatic heterocycles. The molecule has 1 rings (SSSR count). The van der Waals surface area contributed by atoms with Crippen LogP contribution in [-0.2, 0) is 4.43 Å². The molecule has 0 aliphatic carbocycles. The summed E-state index contributed by atoms with van der Waals surface area (Å²) in [7, 11) is -0.0397. The molecule has 130 valence electrons. The van der Waals surface area contributed by atoms with Gasteiger partial charge in [-0.3, -0.25) is 4.90 Å². The van der Waals surface area contributed by atoms with Crippen molar-refractivity contribution in [2.45, 2.75) is 18.8 Å². The zero-order chi connectivity index (χ0) is 17.9. The Labute approximate surface area is 129 Å². The van der Waals surface area contributed by atoms with Crippen molar-refractivity contribution in [2.24, 2.45) is 5.73 Å². The molecule has 0 spiro atoms. The Bertz CT molecular complexity index is 588. The second-order valence-electron chi connectivity index (χ2n) is 4.46. The van der Waals surface area contributed by atoms with Gasteiger partial charge in [-0.05, 0) is 6.42 Å². The maximum atomic E-state index is 13.7. The van der Waals surface area contributed by atoms with E-state index >= 15 is 0 Å². The molecule has 1 aromatic carbocycles. The summed E-state index contributed by atoms with van der Waals surface area (Å²) >= 11 is 0. The molecule has 0 radical (unpaired) electrons. The van der Waals surface area contributed by atoms with Crippen LogP contribution in [-0.4, -0.2) is 39.2 Å². The van der Waals surface area contributed by atoms with Crippen molar-refractivity contribution in [3.63, 3.8) is 0 Å². The first kappa shape index (κ1) is 19.3. The second-order valence-corrected chi connectivity index (χ2v) is 4.87. The largest absolute Gasteiger partial charge is 0.381 e. The first-order valence-corrected chi connectivity index (χ1v) is 6.93. The van der Waals surface area contributed by atoms with Gasteiger partial charge in [-0.1, -0.05) is 0 Å². The summed E-state index contributed by atoms with van der Waals surface area (Å²) in [5.74, 6) is -13.8. The van der Waals surface area contributed by atoms with E-state index in [1.54, 1.807) is 0 Å². The number of hydrogen-bond acceptors (Lipinski definition) is 4. The molecule has 0 aromatic heterocycles. The second kappa shape index (κ2) is 7.21. The Hall–Kier alpha value is -1.76. The molecule has 0 heterocycles. The number of rotatable bonds is 6. The minimum Gasteiger partial charge on any atom is -0.381 e. The van der Waals surface area contributed by atoms with Crippen molar-refractivity contribution in [1.82, 2.24) is 0 Å². The summed E-state index contributed by atoms with van der Waals surface area (Å²) in [5, 5.41) is 18.4. The highest BCUT2D eigenvalue weighted by molar-refractivity contribution is 5.98. The third kappa shape index (κ3) is 4.16. The van der Waals surface area contributed by atoms with Crippen molar-refractivity contribution in [2.75, 3.05) is 11.4 Å². The number of hydrogen-bond donors (Lipinski definition) is 3. The molecule has 0 saturated carbocycles. The van der Waals surface area contributed by atoms with Gasteiger partial charge < -0.3 is 20.4 Å². The van der Waals surface area contributed by atoms with E-state index in [9.17, 15) is 37.0 Å². The monoisotopic (exact) mass is 360 g/mol. The van der Waals surface area contributed by atoms with Crippen LogP contribution in [0.5, 0.6) is 0 Å². The van der Waals surface area contributed by atoms with E-state index in [0.717, 1.165) is 0 Å². The number of aliphatic hydroxyl groups is 2. The lowest BCUT2D eigenvalue weighted by atomic mass is 10.2. The van der Waals surface area contributed by atoms with E-state index in [4.69, 9.17) is 5.73 Å². The fourth-order valence-electron chi connectivity index (χ4n) is 1.73. The summed E-state index contributed by atoms with van der Waals surface area (Å²) in [6, 6.07) is -1.48. The molecule has 12 heteroatoms. The van der Waals surface area contributed by atoms with Crippen LogP contribution in [0.3, 0.4) is 0 Å². The van der Waals surface area contributed by atoms with Crippen molar-refractivity contribution < 1.29 is 41.4 Å². The zero-order valence-corrected chi connectivity index (χ0v) is 13.7. The van der Waals surface area contributed by atoms with Crippen LogP contribution in [0.25, 0.3) is 0 Å². The Morgan fingerprint density at radius 2 is 1.52 bits per heavy atom. The van der Waals surface area contributed by atoms with Crippen molar-refractivity contribution in [1.29, 1.82) is 0 Å². The first-order chi connectivity index (χ1) is 10.5. The van der Waals surface area contributed by atoms with Crippen molar-refractivity contribution in [3.8, 4) is 0 Å². The molecule has 1 aromatic rings. The lowest BCUT2D eigenvalue weighted by molar-refractivity contribution is -0.294. The van der Waals surface area contributed by atoms with E-state index in [1.807, 2.05) is 0 Å². The number of halogens is 5. The average Bonchev–Trinajstić information content (AvgIpc) is 2.49. The van der Waals surface area contributed by atoms with Gasteiger partial charge in [-0.25, -0.2) is 26.7 Å². The smallest absolute Gasteiger partial charge is 0.319 e. The average molecular weight is 360 g/mol. The standard InChI is InChI=1S/C11H13F5N2O4Si/c12-4-5(13)7(15)9(8(16)6(4)14)18(10(17)19)3-1-2-11(20,21)22-23/h20-21H,1-3H2,23H3,(H2,17,19). The quantitative estimate of drug-likeness (QED) is 0.218. The predicted octanol–water partition coefficient (Wildman–Crippen LogP) is -0.0172. The van der Waals surface area contributed by atoms with Gasteiger partial charge in [-0.15, -0.1) is 0 Å². The summed E-state index contributed by atoms with van der Waals surface area (Å²) in [6.45, 7) is -0.637. The maximum absolute atomic E-state index is 13.7. The lowest BCUT2D eigenvalue weighted by Crippen LogP contribution is -2.40. The molecule has 0 fully saturated rings. The molecular weight excluding hydrogens is 347 g/mol. The van der Waals surface area contributed by atoms with Crippen LogP contribution in [0.1, 0.15) is 12.8 Å². The minimum atomic E-state index is -2.52. The van der Waals surface area contributed by atoms with Crippen LogP contribution < -0.4 is 10.6 Å². The lowest BCUT2D eigenvalue weighted by Gasteiger charge is -2.24. The Morgan fingerprint density at radius 1 is 1.09 bits per heavy atom. The van der Waals surface area contributed by atoms with Crippen LogP contribution in [0, 0.1) is 29.1 Å². The Morgan fingerprint density at radius 3 is 1.91 bits per heavy atom.